The highest BCUT2D eigenvalue weighted by Crippen LogP contribution is 2.33. The van der Waals surface area contributed by atoms with E-state index in [9.17, 15) is 4.39 Å². The van der Waals surface area contributed by atoms with Crippen LogP contribution in [0.3, 0.4) is 0 Å². The molecule has 2 nitrogen and oxygen atoms in total. The summed E-state index contributed by atoms with van der Waals surface area (Å²) in [6, 6.07) is 8.34. The minimum atomic E-state index is -0.384. The molecule has 6 heteroatoms. The van der Waals surface area contributed by atoms with Gasteiger partial charge in [-0.15, -0.1) is 0 Å². The van der Waals surface area contributed by atoms with Gasteiger partial charge >= 0.3 is 0 Å². The Morgan fingerprint density at radius 3 is 2.65 bits per heavy atom. The first-order valence-electron chi connectivity index (χ1n) is 5.72. The number of methoxy groups -OCH3 is 1. The zero-order valence-electron chi connectivity index (χ0n) is 10.5. The summed E-state index contributed by atoms with van der Waals surface area (Å²) >= 11 is 12.6. The van der Waals surface area contributed by atoms with Gasteiger partial charge in [-0.05, 0) is 46.3 Å². The molecule has 0 aromatic heterocycles. The van der Waals surface area contributed by atoms with Crippen molar-refractivity contribution in [1.82, 2.24) is 0 Å². The van der Waals surface area contributed by atoms with Gasteiger partial charge < -0.3 is 10.1 Å². The SMILES string of the molecule is COc1c(Br)cc(Br)cc1CNc1ccc(Cl)cc1F. The number of hydrogen-bond acceptors (Lipinski definition) is 2. The van der Waals surface area contributed by atoms with E-state index >= 15 is 0 Å². The maximum absolute atomic E-state index is 13.7. The summed E-state index contributed by atoms with van der Waals surface area (Å²) in [6.07, 6.45) is 0. The number of anilines is 1. The molecule has 1 N–H and O–H groups in total. The predicted molar refractivity (Wildman–Crippen MR) is 87.1 cm³/mol. The fourth-order valence-corrected chi connectivity index (χ4v) is 3.43. The Morgan fingerprint density at radius 1 is 1.25 bits per heavy atom. The predicted octanol–water partition coefficient (Wildman–Crippen LogP) is 5.62. The molecule has 0 aliphatic heterocycles. The fourth-order valence-electron chi connectivity index (χ4n) is 1.80. The van der Waals surface area contributed by atoms with Crippen molar-refractivity contribution in [3.8, 4) is 5.75 Å². The van der Waals surface area contributed by atoms with Crippen LogP contribution < -0.4 is 10.1 Å². The fraction of sp³-hybridized carbons (Fsp3) is 0.143. The maximum atomic E-state index is 13.7. The van der Waals surface area contributed by atoms with Gasteiger partial charge in [-0.25, -0.2) is 4.39 Å². The Hall–Kier alpha value is -0.780. The van der Waals surface area contributed by atoms with Gasteiger partial charge in [0.1, 0.15) is 11.6 Å². The molecule has 0 aliphatic rings. The lowest BCUT2D eigenvalue weighted by atomic mass is 10.2. The van der Waals surface area contributed by atoms with Gasteiger partial charge in [-0.1, -0.05) is 27.5 Å². The summed E-state index contributed by atoms with van der Waals surface area (Å²) in [7, 11) is 1.60. The lowest BCUT2D eigenvalue weighted by Crippen LogP contribution is -2.04. The molecule has 0 atom stereocenters. The molecular formula is C14H11Br2ClFNO. The summed E-state index contributed by atoms with van der Waals surface area (Å²) in [6.45, 7) is 0.430. The third-order valence-corrected chi connectivity index (χ3v) is 3.97. The lowest BCUT2D eigenvalue weighted by molar-refractivity contribution is 0.407. The Morgan fingerprint density at radius 2 is 2.00 bits per heavy atom. The van der Waals surface area contributed by atoms with E-state index in [0.717, 1.165) is 20.3 Å². The van der Waals surface area contributed by atoms with E-state index in [-0.39, 0.29) is 5.82 Å². The Kier molecular flexibility index (Phi) is 5.29. The molecule has 0 amide bonds. The van der Waals surface area contributed by atoms with Crippen LogP contribution in [0.25, 0.3) is 0 Å². The largest absolute Gasteiger partial charge is 0.495 e. The van der Waals surface area contributed by atoms with Crippen LogP contribution in [0.15, 0.2) is 39.3 Å². The Balaban J connectivity index is 2.22. The molecule has 2 rings (SSSR count). The van der Waals surface area contributed by atoms with E-state index in [4.69, 9.17) is 16.3 Å². The third kappa shape index (κ3) is 3.65. The van der Waals surface area contributed by atoms with E-state index in [1.807, 2.05) is 12.1 Å². The van der Waals surface area contributed by atoms with Crippen LogP contribution in [0.1, 0.15) is 5.56 Å². The topological polar surface area (TPSA) is 21.3 Å². The molecule has 0 heterocycles. The molecule has 106 valence electrons. The van der Waals surface area contributed by atoms with Crippen molar-refractivity contribution in [3.63, 3.8) is 0 Å². The molecule has 0 bridgehead atoms. The van der Waals surface area contributed by atoms with E-state index in [1.54, 1.807) is 19.2 Å². The number of rotatable bonds is 4. The van der Waals surface area contributed by atoms with Crippen LogP contribution in [0.4, 0.5) is 10.1 Å². The summed E-state index contributed by atoms with van der Waals surface area (Å²) in [5.41, 5.74) is 1.30. The molecule has 0 radical (unpaired) electrons. The van der Waals surface area contributed by atoms with Crippen molar-refractivity contribution < 1.29 is 9.13 Å². The number of nitrogens with one attached hydrogen (secondary N) is 1. The first-order valence-corrected chi connectivity index (χ1v) is 7.68. The average molecular weight is 424 g/mol. The van der Waals surface area contributed by atoms with Crippen LogP contribution in [0.2, 0.25) is 5.02 Å². The zero-order chi connectivity index (χ0) is 14.7. The van der Waals surface area contributed by atoms with Gasteiger partial charge in [-0.3, -0.25) is 0 Å². The summed E-state index contributed by atoms with van der Waals surface area (Å²) in [4.78, 5) is 0. The first kappa shape index (κ1) is 15.6. The standard InChI is InChI=1S/C14H11Br2ClFNO/c1-20-14-8(4-9(15)5-11(14)16)7-19-13-3-2-10(17)6-12(13)18/h2-6,19H,7H2,1H3. The number of halogens is 4. The summed E-state index contributed by atoms with van der Waals surface area (Å²) in [5.74, 6) is 0.334. The second kappa shape index (κ2) is 6.78. The second-order valence-electron chi connectivity index (χ2n) is 4.06. The molecule has 0 spiro atoms. The number of benzene rings is 2. The summed E-state index contributed by atoms with van der Waals surface area (Å²) < 4.78 is 20.8. The highest BCUT2D eigenvalue weighted by atomic mass is 79.9. The van der Waals surface area contributed by atoms with Gasteiger partial charge in [0.2, 0.25) is 0 Å². The third-order valence-electron chi connectivity index (χ3n) is 2.69. The van der Waals surface area contributed by atoms with Crippen molar-refractivity contribution in [2.75, 3.05) is 12.4 Å². The zero-order valence-corrected chi connectivity index (χ0v) is 14.4. The average Bonchev–Trinajstić information content (AvgIpc) is 2.37. The monoisotopic (exact) mass is 421 g/mol. The Bertz CT molecular complexity index is 637. The highest BCUT2D eigenvalue weighted by Gasteiger charge is 2.10. The van der Waals surface area contributed by atoms with E-state index < -0.39 is 0 Å². The van der Waals surface area contributed by atoms with Crippen molar-refractivity contribution in [3.05, 3.63) is 55.7 Å². The quantitative estimate of drug-likeness (QED) is 0.689. The molecular weight excluding hydrogens is 412 g/mol. The molecule has 0 saturated heterocycles. The normalized spacial score (nSPS) is 10.4. The molecule has 20 heavy (non-hydrogen) atoms. The van der Waals surface area contributed by atoms with E-state index in [2.05, 4.69) is 37.2 Å². The van der Waals surface area contributed by atoms with Crippen LogP contribution >= 0.6 is 43.5 Å². The van der Waals surface area contributed by atoms with Gasteiger partial charge in [0, 0.05) is 21.6 Å². The minimum absolute atomic E-state index is 0.371. The van der Waals surface area contributed by atoms with Crippen LogP contribution in [-0.2, 0) is 6.54 Å². The highest BCUT2D eigenvalue weighted by molar-refractivity contribution is 9.11. The molecule has 0 unspecified atom stereocenters. The van der Waals surface area contributed by atoms with Gasteiger partial charge in [0.05, 0.1) is 17.3 Å². The smallest absolute Gasteiger partial charge is 0.147 e. The lowest BCUT2D eigenvalue weighted by Gasteiger charge is -2.13. The van der Waals surface area contributed by atoms with Crippen molar-refractivity contribution >= 4 is 49.1 Å². The van der Waals surface area contributed by atoms with Gasteiger partial charge in [-0.2, -0.15) is 0 Å². The van der Waals surface area contributed by atoms with Crippen LogP contribution in [0, 0.1) is 5.82 Å². The van der Waals surface area contributed by atoms with Crippen LogP contribution in [0.5, 0.6) is 5.75 Å². The first-order chi connectivity index (χ1) is 9.51. The minimum Gasteiger partial charge on any atom is -0.495 e. The van der Waals surface area contributed by atoms with Crippen molar-refractivity contribution in [1.29, 1.82) is 0 Å². The second-order valence-corrected chi connectivity index (χ2v) is 6.26. The molecule has 0 saturated carbocycles. The molecule has 0 aliphatic carbocycles. The van der Waals surface area contributed by atoms with Gasteiger partial charge in [0.15, 0.2) is 0 Å². The van der Waals surface area contributed by atoms with E-state index in [1.165, 1.54) is 6.07 Å². The van der Waals surface area contributed by atoms with E-state index in [0.29, 0.717) is 17.3 Å². The number of hydrogen-bond donors (Lipinski definition) is 1. The molecule has 0 fully saturated rings. The summed E-state index contributed by atoms with van der Waals surface area (Å²) in [5, 5.41) is 3.40. The Labute approximate surface area is 138 Å². The molecule has 2 aromatic carbocycles. The van der Waals surface area contributed by atoms with Gasteiger partial charge in [0.25, 0.3) is 0 Å². The number of ether oxygens (including phenoxy) is 1. The van der Waals surface area contributed by atoms with Crippen molar-refractivity contribution in [2.45, 2.75) is 6.54 Å². The maximum Gasteiger partial charge on any atom is 0.147 e. The van der Waals surface area contributed by atoms with Crippen molar-refractivity contribution in [2.24, 2.45) is 0 Å². The molecule has 2 aromatic rings. The van der Waals surface area contributed by atoms with Crippen LogP contribution in [-0.4, -0.2) is 7.11 Å².